The zero-order chi connectivity index (χ0) is 15.7. The van der Waals surface area contributed by atoms with Gasteiger partial charge in [-0.05, 0) is 19.4 Å². The predicted molar refractivity (Wildman–Crippen MR) is 87.6 cm³/mol. The highest BCUT2D eigenvalue weighted by atomic mass is 32.1. The van der Waals surface area contributed by atoms with E-state index in [1.54, 1.807) is 23.7 Å². The van der Waals surface area contributed by atoms with Gasteiger partial charge in [0.05, 0.1) is 36.5 Å². The average molecular weight is 332 g/mol. The van der Waals surface area contributed by atoms with Gasteiger partial charge in [0.2, 0.25) is 5.95 Å². The van der Waals surface area contributed by atoms with Crippen LogP contribution in [0.2, 0.25) is 0 Å². The van der Waals surface area contributed by atoms with Gasteiger partial charge in [-0.3, -0.25) is 0 Å². The summed E-state index contributed by atoms with van der Waals surface area (Å²) in [4.78, 5) is 15.2. The van der Waals surface area contributed by atoms with E-state index in [0.717, 1.165) is 49.2 Å². The lowest BCUT2D eigenvalue weighted by atomic mass is 9.85. The van der Waals surface area contributed by atoms with E-state index in [1.807, 2.05) is 13.0 Å². The van der Waals surface area contributed by atoms with Crippen molar-refractivity contribution in [2.45, 2.75) is 38.1 Å². The minimum atomic E-state index is -0.0971. The molecule has 122 valence electrons. The molecule has 0 bridgehead atoms. The van der Waals surface area contributed by atoms with Gasteiger partial charge in [-0.2, -0.15) is 0 Å². The molecule has 2 aliphatic heterocycles. The van der Waals surface area contributed by atoms with Crippen LogP contribution in [0.25, 0.3) is 0 Å². The van der Waals surface area contributed by atoms with Crippen molar-refractivity contribution < 1.29 is 9.47 Å². The molecule has 2 aromatic heterocycles. The lowest BCUT2D eigenvalue weighted by Crippen LogP contribution is -2.66. The molecule has 0 radical (unpaired) electrons. The standard InChI is InChI=1S/C16H20N4O2S/c1-12-19-13(9-23-12)8-21-14-3-6-22-16(7-14)10-20(11-16)15-17-4-2-5-18-15/h2,4-5,9,14H,3,6-8,10-11H2,1H3/t14-/m0/s1. The molecule has 2 aromatic rings. The highest BCUT2D eigenvalue weighted by Crippen LogP contribution is 2.36. The summed E-state index contributed by atoms with van der Waals surface area (Å²) in [5.41, 5.74) is 0.932. The summed E-state index contributed by atoms with van der Waals surface area (Å²) in [6, 6.07) is 1.83. The normalized spacial score (nSPS) is 23.0. The van der Waals surface area contributed by atoms with Crippen LogP contribution in [0, 0.1) is 6.92 Å². The lowest BCUT2D eigenvalue weighted by Gasteiger charge is -2.52. The van der Waals surface area contributed by atoms with Gasteiger partial charge in [0.15, 0.2) is 0 Å². The number of aromatic nitrogens is 3. The zero-order valence-electron chi connectivity index (χ0n) is 13.1. The molecule has 7 heteroatoms. The third-order valence-corrected chi connectivity index (χ3v) is 5.20. The molecule has 1 atom stereocenters. The van der Waals surface area contributed by atoms with Gasteiger partial charge in [0.25, 0.3) is 0 Å². The minimum Gasteiger partial charge on any atom is -0.372 e. The van der Waals surface area contributed by atoms with Crippen LogP contribution in [-0.2, 0) is 16.1 Å². The molecular formula is C16H20N4O2S. The Bertz CT molecular complexity index is 657. The summed E-state index contributed by atoms with van der Waals surface area (Å²) in [5, 5.41) is 3.16. The topological polar surface area (TPSA) is 60.4 Å². The Morgan fingerprint density at radius 1 is 1.39 bits per heavy atom. The van der Waals surface area contributed by atoms with Crippen molar-refractivity contribution in [3.63, 3.8) is 0 Å². The number of ether oxygens (including phenoxy) is 2. The molecule has 0 N–H and O–H groups in total. The Balaban J connectivity index is 1.31. The van der Waals surface area contributed by atoms with Gasteiger partial charge in [-0.1, -0.05) is 0 Å². The molecule has 2 saturated heterocycles. The molecular weight excluding hydrogens is 312 g/mol. The second kappa shape index (κ2) is 6.14. The molecule has 0 saturated carbocycles. The van der Waals surface area contributed by atoms with E-state index < -0.39 is 0 Å². The number of aryl methyl sites for hydroxylation is 1. The van der Waals surface area contributed by atoms with Crippen molar-refractivity contribution in [2.24, 2.45) is 0 Å². The maximum absolute atomic E-state index is 6.07. The van der Waals surface area contributed by atoms with Crippen molar-refractivity contribution in [1.82, 2.24) is 15.0 Å². The second-order valence-electron chi connectivity index (χ2n) is 6.22. The molecule has 0 amide bonds. The molecule has 2 aliphatic rings. The molecule has 4 heterocycles. The van der Waals surface area contributed by atoms with Gasteiger partial charge in [-0.25, -0.2) is 15.0 Å². The Kier molecular flexibility index (Phi) is 4.00. The first-order valence-corrected chi connectivity index (χ1v) is 8.79. The maximum Gasteiger partial charge on any atom is 0.225 e. The maximum atomic E-state index is 6.07. The van der Waals surface area contributed by atoms with Crippen LogP contribution in [0.3, 0.4) is 0 Å². The molecule has 2 fully saturated rings. The molecule has 1 spiro atoms. The fourth-order valence-electron chi connectivity index (χ4n) is 3.27. The Morgan fingerprint density at radius 3 is 2.96 bits per heavy atom. The number of hydrogen-bond acceptors (Lipinski definition) is 7. The summed E-state index contributed by atoms with van der Waals surface area (Å²) in [6.45, 7) is 5.05. The van der Waals surface area contributed by atoms with E-state index in [-0.39, 0.29) is 11.7 Å². The van der Waals surface area contributed by atoms with Crippen LogP contribution in [-0.4, -0.2) is 46.4 Å². The van der Waals surface area contributed by atoms with Gasteiger partial charge >= 0.3 is 0 Å². The third-order valence-electron chi connectivity index (χ3n) is 4.37. The van der Waals surface area contributed by atoms with Crippen LogP contribution >= 0.6 is 11.3 Å². The summed E-state index contributed by atoms with van der Waals surface area (Å²) in [5.74, 6) is 0.780. The SMILES string of the molecule is Cc1nc(CO[C@H]2CCOC3(C2)CN(c2ncccn2)C3)cs1. The van der Waals surface area contributed by atoms with E-state index in [0.29, 0.717) is 6.61 Å². The fraction of sp³-hybridized carbons (Fsp3) is 0.562. The van der Waals surface area contributed by atoms with Crippen molar-refractivity contribution in [1.29, 1.82) is 0 Å². The number of anilines is 1. The number of nitrogens with zero attached hydrogens (tertiary/aromatic N) is 4. The predicted octanol–water partition coefficient (Wildman–Crippen LogP) is 2.20. The van der Waals surface area contributed by atoms with Gasteiger partial charge in [0.1, 0.15) is 5.60 Å². The third kappa shape index (κ3) is 3.22. The minimum absolute atomic E-state index is 0.0971. The summed E-state index contributed by atoms with van der Waals surface area (Å²) in [7, 11) is 0. The van der Waals surface area contributed by atoms with Crippen molar-refractivity contribution in [3.8, 4) is 0 Å². The molecule has 0 unspecified atom stereocenters. The van der Waals surface area contributed by atoms with Crippen LogP contribution in [0.4, 0.5) is 5.95 Å². The Hall–Kier alpha value is -1.57. The molecule has 0 aromatic carbocycles. The van der Waals surface area contributed by atoms with Crippen molar-refractivity contribution >= 4 is 17.3 Å². The molecule has 23 heavy (non-hydrogen) atoms. The van der Waals surface area contributed by atoms with Crippen LogP contribution in [0.5, 0.6) is 0 Å². The summed E-state index contributed by atoms with van der Waals surface area (Å²) < 4.78 is 12.1. The quantitative estimate of drug-likeness (QED) is 0.855. The average Bonchev–Trinajstić information content (AvgIpc) is 2.97. The van der Waals surface area contributed by atoms with Crippen LogP contribution in [0.15, 0.2) is 23.8 Å². The van der Waals surface area contributed by atoms with E-state index in [1.165, 1.54) is 0 Å². The molecule has 6 nitrogen and oxygen atoms in total. The van der Waals surface area contributed by atoms with E-state index in [2.05, 4.69) is 25.2 Å². The van der Waals surface area contributed by atoms with Crippen LogP contribution < -0.4 is 4.90 Å². The van der Waals surface area contributed by atoms with E-state index >= 15 is 0 Å². The van der Waals surface area contributed by atoms with Crippen LogP contribution in [0.1, 0.15) is 23.5 Å². The largest absolute Gasteiger partial charge is 0.372 e. The first kappa shape index (κ1) is 15.0. The smallest absolute Gasteiger partial charge is 0.225 e. The molecule has 0 aliphatic carbocycles. The number of hydrogen-bond donors (Lipinski definition) is 0. The van der Waals surface area contributed by atoms with Gasteiger partial charge in [-0.15, -0.1) is 11.3 Å². The Morgan fingerprint density at radius 2 is 2.22 bits per heavy atom. The Labute approximate surface area is 139 Å². The number of rotatable bonds is 4. The highest BCUT2D eigenvalue weighted by Gasteiger charge is 2.48. The lowest BCUT2D eigenvalue weighted by molar-refractivity contribution is -0.148. The monoisotopic (exact) mass is 332 g/mol. The fourth-order valence-corrected chi connectivity index (χ4v) is 3.87. The summed E-state index contributed by atoms with van der Waals surface area (Å²) in [6.07, 6.45) is 5.67. The first-order chi connectivity index (χ1) is 11.2. The van der Waals surface area contributed by atoms with E-state index in [4.69, 9.17) is 9.47 Å². The van der Waals surface area contributed by atoms with Gasteiger partial charge < -0.3 is 14.4 Å². The first-order valence-electron chi connectivity index (χ1n) is 7.91. The van der Waals surface area contributed by atoms with Crippen molar-refractivity contribution in [3.05, 3.63) is 34.5 Å². The highest BCUT2D eigenvalue weighted by molar-refractivity contribution is 7.09. The number of thiazole rings is 1. The van der Waals surface area contributed by atoms with E-state index in [9.17, 15) is 0 Å². The zero-order valence-corrected chi connectivity index (χ0v) is 14.0. The summed E-state index contributed by atoms with van der Waals surface area (Å²) >= 11 is 1.67. The van der Waals surface area contributed by atoms with Gasteiger partial charge in [0, 0.05) is 30.8 Å². The van der Waals surface area contributed by atoms with Crippen molar-refractivity contribution in [2.75, 3.05) is 24.6 Å². The molecule has 4 rings (SSSR count). The second-order valence-corrected chi connectivity index (χ2v) is 7.28.